The fraction of sp³-hybridized carbons (Fsp3) is 0.571. The number of rotatable bonds is 7. The van der Waals surface area contributed by atoms with E-state index in [1.54, 1.807) is 0 Å². The zero-order valence-corrected chi connectivity index (χ0v) is 9.83. The maximum atomic E-state index is 8.34. The summed E-state index contributed by atoms with van der Waals surface area (Å²) < 4.78 is 14.2. The molecule has 0 saturated carbocycles. The van der Waals surface area contributed by atoms with Crippen molar-refractivity contribution >= 4 is 0 Å². The van der Waals surface area contributed by atoms with Crippen molar-refractivity contribution in [3.8, 4) is 5.75 Å². The van der Waals surface area contributed by atoms with Crippen LogP contribution in [-0.4, -0.2) is 6.08 Å². The molecule has 0 N–H and O–H groups in total. The highest BCUT2D eigenvalue weighted by molar-refractivity contribution is 5.21. The van der Waals surface area contributed by atoms with Crippen LogP contribution in [0.15, 0.2) is 30.3 Å². The molecule has 0 radical (unpaired) electrons. The lowest BCUT2D eigenvalue weighted by atomic mass is 10.1. The molecule has 15 heavy (non-hydrogen) atoms. The van der Waals surface area contributed by atoms with Gasteiger partial charge in [-0.15, -0.1) is 0 Å². The van der Waals surface area contributed by atoms with Gasteiger partial charge in [-0.3, -0.25) is 0 Å². The minimum absolute atomic E-state index is 0.744. The predicted molar refractivity (Wildman–Crippen MR) is 65.3 cm³/mol. The van der Waals surface area contributed by atoms with Crippen LogP contribution in [0.3, 0.4) is 0 Å². The molecule has 1 unspecified atom stereocenters. The maximum absolute atomic E-state index is 8.34. The predicted octanol–water partition coefficient (Wildman–Crippen LogP) is 4.42. The molecule has 1 nitrogen and oxygen atoms in total. The highest BCUT2D eigenvalue weighted by Gasteiger charge is 2.08. The molecule has 1 rings (SSSR count). The Balaban J connectivity index is 2.62. The van der Waals surface area contributed by atoms with Crippen molar-refractivity contribution in [1.82, 2.24) is 0 Å². The molecule has 84 valence electrons. The summed E-state index contributed by atoms with van der Waals surface area (Å²) in [5.74, 6) is 0.807. The summed E-state index contributed by atoms with van der Waals surface area (Å²) in [7, 11) is 0. The van der Waals surface area contributed by atoms with Gasteiger partial charge in [0.25, 0.3) is 0 Å². The van der Waals surface area contributed by atoms with Crippen LogP contribution >= 0.6 is 0 Å². The summed E-state index contributed by atoms with van der Waals surface area (Å²) >= 11 is 0. The first-order valence-corrected chi connectivity index (χ1v) is 5.94. The van der Waals surface area contributed by atoms with E-state index >= 15 is 0 Å². The molecule has 1 aromatic carbocycles. The molecule has 0 bridgehead atoms. The molecular weight excluding hydrogens is 184 g/mol. The quantitative estimate of drug-likeness (QED) is 0.643. The first-order valence-electron chi connectivity index (χ1n) is 6.44. The molecule has 1 aromatic rings. The van der Waals surface area contributed by atoms with Crippen molar-refractivity contribution in [2.75, 3.05) is 0 Å². The van der Waals surface area contributed by atoms with Crippen LogP contribution < -0.4 is 4.74 Å². The molecule has 0 aliphatic carbocycles. The van der Waals surface area contributed by atoms with Gasteiger partial charge in [-0.05, 0) is 25.0 Å². The van der Waals surface area contributed by atoms with E-state index < -0.39 is 6.08 Å². The van der Waals surface area contributed by atoms with Crippen LogP contribution in [0.1, 0.15) is 47.3 Å². The van der Waals surface area contributed by atoms with Crippen LogP contribution in [-0.2, 0) is 0 Å². The molecule has 0 heterocycles. The van der Waals surface area contributed by atoms with Crippen LogP contribution in [0.5, 0.6) is 5.75 Å². The largest absolute Gasteiger partial charge is 0.490 e. The Hall–Kier alpha value is -0.980. The third kappa shape index (κ3) is 4.87. The first kappa shape index (κ1) is 10.5. The molecule has 0 spiro atoms. The van der Waals surface area contributed by atoms with Gasteiger partial charge in [0.05, 0.1) is 7.45 Å². The molecule has 0 fully saturated rings. The highest BCUT2D eigenvalue weighted by Crippen LogP contribution is 2.17. The van der Waals surface area contributed by atoms with Gasteiger partial charge in [0.15, 0.2) is 0 Å². The number of hydrogen-bond acceptors (Lipinski definition) is 1. The lowest BCUT2D eigenvalue weighted by molar-refractivity contribution is 0.176. The first-order chi connectivity index (χ1) is 7.70. The van der Waals surface area contributed by atoms with E-state index in [2.05, 4.69) is 13.8 Å². The Morgan fingerprint density at radius 1 is 1.13 bits per heavy atom. The van der Waals surface area contributed by atoms with Gasteiger partial charge in [-0.1, -0.05) is 51.3 Å². The van der Waals surface area contributed by atoms with Crippen LogP contribution in [0, 0.1) is 0 Å². The van der Waals surface area contributed by atoms with Gasteiger partial charge in [-0.2, -0.15) is 0 Å². The standard InChI is InChI=1S/C14H22O/c1-3-5-10-13(9-4-2)15-14-11-7-6-8-12-14/h6-8,11-13H,3-5,9-10H2,1-2H3/i13D. The summed E-state index contributed by atoms with van der Waals surface area (Å²) in [6, 6.07) is 9.70. The number of unbranched alkanes of at least 4 members (excludes halogenated alkanes) is 1. The highest BCUT2D eigenvalue weighted by atomic mass is 16.5. The maximum Gasteiger partial charge on any atom is 0.119 e. The third-order valence-corrected chi connectivity index (χ3v) is 2.34. The monoisotopic (exact) mass is 207 g/mol. The Morgan fingerprint density at radius 2 is 1.87 bits per heavy atom. The fourth-order valence-electron chi connectivity index (χ4n) is 1.54. The molecule has 0 saturated heterocycles. The van der Waals surface area contributed by atoms with Crippen LogP contribution in [0.2, 0.25) is 0 Å². The van der Waals surface area contributed by atoms with Gasteiger partial charge in [0.2, 0.25) is 0 Å². The summed E-state index contributed by atoms with van der Waals surface area (Å²) in [6.07, 6.45) is 4.01. The van der Waals surface area contributed by atoms with Crippen molar-refractivity contribution in [3.05, 3.63) is 30.3 Å². The van der Waals surface area contributed by atoms with Crippen molar-refractivity contribution in [2.24, 2.45) is 0 Å². The van der Waals surface area contributed by atoms with Crippen molar-refractivity contribution in [2.45, 2.75) is 52.0 Å². The summed E-state index contributed by atoms with van der Waals surface area (Å²) in [5.41, 5.74) is 0. The Labute approximate surface area is 94.9 Å². The van der Waals surface area contributed by atoms with Gasteiger partial charge < -0.3 is 4.74 Å². The second kappa shape index (κ2) is 7.33. The van der Waals surface area contributed by atoms with E-state index in [9.17, 15) is 0 Å². The van der Waals surface area contributed by atoms with Crippen LogP contribution in [0.25, 0.3) is 0 Å². The molecule has 1 atom stereocenters. The minimum atomic E-state index is -0.744. The van der Waals surface area contributed by atoms with Gasteiger partial charge >= 0.3 is 0 Å². The summed E-state index contributed by atoms with van der Waals surface area (Å²) in [4.78, 5) is 0. The Bertz CT molecular complexity index is 286. The van der Waals surface area contributed by atoms with E-state index in [4.69, 9.17) is 6.11 Å². The van der Waals surface area contributed by atoms with Crippen molar-refractivity contribution < 1.29 is 6.11 Å². The zero-order valence-electron chi connectivity index (χ0n) is 10.8. The molecule has 0 aliphatic rings. The van der Waals surface area contributed by atoms with Gasteiger partial charge in [-0.25, -0.2) is 0 Å². The summed E-state index contributed by atoms with van der Waals surface area (Å²) in [5, 5.41) is 0. The molecule has 0 aliphatic heterocycles. The topological polar surface area (TPSA) is 9.23 Å². The average molecular weight is 207 g/mol. The average Bonchev–Trinajstić information content (AvgIpc) is 2.28. The smallest absolute Gasteiger partial charge is 0.119 e. The van der Waals surface area contributed by atoms with E-state index in [1.165, 1.54) is 0 Å². The zero-order chi connectivity index (χ0) is 11.9. The van der Waals surface area contributed by atoms with Crippen LogP contribution in [0.4, 0.5) is 0 Å². The lowest BCUT2D eigenvalue weighted by Crippen LogP contribution is -2.15. The Morgan fingerprint density at radius 3 is 2.47 bits per heavy atom. The second-order valence-corrected chi connectivity index (χ2v) is 3.81. The molecule has 0 amide bonds. The SMILES string of the molecule is [2H]C(CCC)(CCCC)Oc1ccccc1. The second-order valence-electron chi connectivity index (χ2n) is 3.81. The number of ether oxygens (including phenoxy) is 1. The van der Waals surface area contributed by atoms with Gasteiger partial charge in [0, 0.05) is 0 Å². The summed E-state index contributed by atoms with van der Waals surface area (Å²) in [6.45, 7) is 4.25. The molecule has 1 heteroatoms. The Kier molecular flexibility index (Phi) is 5.15. The van der Waals surface area contributed by atoms with E-state index in [0.717, 1.165) is 37.9 Å². The molecule has 0 aromatic heterocycles. The van der Waals surface area contributed by atoms with Gasteiger partial charge in [0.1, 0.15) is 5.75 Å². The third-order valence-electron chi connectivity index (χ3n) is 2.34. The minimum Gasteiger partial charge on any atom is -0.490 e. The molecular formula is C14H22O. The normalized spacial score (nSPS) is 15.5. The number of para-hydroxylation sites is 1. The fourth-order valence-corrected chi connectivity index (χ4v) is 1.54. The number of hydrogen-bond donors (Lipinski definition) is 0. The van der Waals surface area contributed by atoms with Crippen molar-refractivity contribution in [3.63, 3.8) is 0 Å². The lowest BCUT2D eigenvalue weighted by Gasteiger charge is -2.18. The van der Waals surface area contributed by atoms with E-state index in [0.29, 0.717) is 0 Å². The van der Waals surface area contributed by atoms with E-state index in [-0.39, 0.29) is 0 Å². The number of benzene rings is 1. The van der Waals surface area contributed by atoms with E-state index in [1.807, 2.05) is 30.3 Å². The van der Waals surface area contributed by atoms with Crippen molar-refractivity contribution in [1.29, 1.82) is 0 Å².